The lowest BCUT2D eigenvalue weighted by Gasteiger charge is -2.25. The molecule has 1 saturated heterocycles. The van der Waals surface area contributed by atoms with E-state index >= 15 is 0 Å². The van der Waals surface area contributed by atoms with Gasteiger partial charge in [0.2, 0.25) is 0 Å². The molecule has 2 nitrogen and oxygen atoms in total. The second-order valence-electron chi connectivity index (χ2n) is 6.55. The van der Waals surface area contributed by atoms with Gasteiger partial charge in [0, 0.05) is 12.1 Å². The summed E-state index contributed by atoms with van der Waals surface area (Å²) < 4.78 is 0. The zero-order valence-corrected chi connectivity index (χ0v) is 12.1. The highest BCUT2D eigenvalue weighted by molar-refractivity contribution is 5.37. The molecule has 0 radical (unpaired) electrons. The molecule has 0 bridgehead atoms. The number of benzene rings is 1. The van der Waals surface area contributed by atoms with E-state index in [4.69, 9.17) is 5.73 Å². The van der Waals surface area contributed by atoms with Gasteiger partial charge in [-0.1, -0.05) is 39.0 Å². The SMILES string of the molecule is Cc1ccc(C(C)(C)C)cc1C(N)C1CCCN1. The highest BCUT2D eigenvalue weighted by Gasteiger charge is 2.25. The summed E-state index contributed by atoms with van der Waals surface area (Å²) in [4.78, 5) is 0. The average Bonchev–Trinajstić information content (AvgIpc) is 2.80. The third kappa shape index (κ3) is 2.76. The Kier molecular flexibility index (Phi) is 3.79. The maximum absolute atomic E-state index is 6.45. The smallest absolute Gasteiger partial charge is 0.0453 e. The van der Waals surface area contributed by atoms with Crippen LogP contribution in [0.4, 0.5) is 0 Å². The van der Waals surface area contributed by atoms with Crippen LogP contribution in [-0.2, 0) is 5.41 Å². The molecule has 2 heteroatoms. The fourth-order valence-electron chi connectivity index (χ4n) is 2.70. The lowest BCUT2D eigenvalue weighted by molar-refractivity contribution is 0.497. The topological polar surface area (TPSA) is 38.0 Å². The van der Waals surface area contributed by atoms with Crippen molar-refractivity contribution in [2.75, 3.05) is 6.54 Å². The second kappa shape index (κ2) is 5.02. The first-order valence-corrected chi connectivity index (χ1v) is 6.99. The van der Waals surface area contributed by atoms with Gasteiger partial charge in [-0.15, -0.1) is 0 Å². The van der Waals surface area contributed by atoms with Crippen molar-refractivity contribution >= 4 is 0 Å². The van der Waals surface area contributed by atoms with E-state index in [-0.39, 0.29) is 11.5 Å². The Balaban J connectivity index is 2.31. The van der Waals surface area contributed by atoms with E-state index in [0.717, 1.165) is 6.54 Å². The van der Waals surface area contributed by atoms with Crippen LogP contribution >= 0.6 is 0 Å². The van der Waals surface area contributed by atoms with Crippen LogP contribution in [0.25, 0.3) is 0 Å². The molecule has 1 heterocycles. The molecule has 3 N–H and O–H groups in total. The molecule has 0 spiro atoms. The first-order valence-electron chi connectivity index (χ1n) is 6.99. The number of aryl methyl sites for hydroxylation is 1. The van der Waals surface area contributed by atoms with Crippen LogP contribution in [0.2, 0.25) is 0 Å². The molecule has 1 aliphatic rings. The van der Waals surface area contributed by atoms with Gasteiger partial charge in [-0.25, -0.2) is 0 Å². The van der Waals surface area contributed by atoms with E-state index in [9.17, 15) is 0 Å². The molecule has 0 aliphatic carbocycles. The summed E-state index contributed by atoms with van der Waals surface area (Å²) >= 11 is 0. The molecule has 0 aromatic heterocycles. The second-order valence-corrected chi connectivity index (χ2v) is 6.55. The van der Waals surface area contributed by atoms with Crippen LogP contribution in [0.5, 0.6) is 0 Å². The summed E-state index contributed by atoms with van der Waals surface area (Å²) in [6, 6.07) is 7.31. The molecule has 2 rings (SSSR count). The monoisotopic (exact) mass is 246 g/mol. The predicted octanol–water partition coefficient (Wildman–Crippen LogP) is 3.04. The standard InChI is InChI=1S/C16H26N2/c1-11-7-8-12(16(2,3)4)10-13(11)15(17)14-6-5-9-18-14/h7-8,10,14-15,18H,5-6,9,17H2,1-4H3. The van der Waals surface area contributed by atoms with Gasteiger partial charge in [-0.3, -0.25) is 0 Å². The summed E-state index contributed by atoms with van der Waals surface area (Å²) in [6.07, 6.45) is 2.44. The minimum atomic E-state index is 0.120. The molecule has 1 aromatic rings. The average molecular weight is 246 g/mol. The van der Waals surface area contributed by atoms with E-state index in [2.05, 4.69) is 51.2 Å². The summed E-state index contributed by atoms with van der Waals surface area (Å²) in [5.41, 5.74) is 10.6. The lowest BCUT2D eigenvalue weighted by Crippen LogP contribution is -2.34. The zero-order chi connectivity index (χ0) is 13.3. The highest BCUT2D eigenvalue weighted by atomic mass is 15.0. The van der Waals surface area contributed by atoms with Gasteiger partial charge in [0.15, 0.2) is 0 Å². The Bertz CT molecular complexity index is 412. The van der Waals surface area contributed by atoms with Crippen LogP contribution in [0.15, 0.2) is 18.2 Å². The van der Waals surface area contributed by atoms with Crippen molar-refractivity contribution in [2.45, 2.75) is 58.0 Å². The first kappa shape index (κ1) is 13.6. The lowest BCUT2D eigenvalue weighted by atomic mass is 9.83. The van der Waals surface area contributed by atoms with E-state index < -0.39 is 0 Å². The number of nitrogens with one attached hydrogen (secondary N) is 1. The number of rotatable bonds is 2. The minimum Gasteiger partial charge on any atom is -0.323 e. The molecule has 100 valence electrons. The Morgan fingerprint density at radius 3 is 2.61 bits per heavy atom. The van der Waals surface area contributed by atoms with Gasteiger partial charge < -0.3 is 11.1 Å². The third-order valence-corrected chi connectivity index (χ3v) is 4.04. The zero-order valence-electron chi connectivity index (χ0n) is 12.1. The van der Waals surface area contributed by atoms with Gasteiger partial charge in [-0.2, -0.15) is 0 Å². The molecule has 2 atom stereocenters. The molecule has 18 heavy (non-hydrogen) atoms. The summed E-state index contributed by atoms with van der Waals surface area (Å²) in [6.45, 7) is 10.0. The van der Waals surface area contributed by atoms with Crippen LogP contribution < -0.4 is 11.1 Å². The van der Waals surface area contributed by atoms with Crippen molar-refractivity contribution in [1.29, 1.82) is 0 Å². The van der Waals surface area contributed by atoms with Crippen LogP contribution in [0, 0.1) is 6.92 Å². The van der Waals surface area contributed by atoms with Crippen molar-refractivity contribution in [3.05, 3.63) is 34.9 Å². The highest BCUT2D eigenvalue weighted by Crippen LogP contribution is 2.29. The van der Waals surface area contributed by atoms with Crippen LogP contribution in [-0.4, -0.2) is 12.6 Å². The van der Waals surface area contributed by atoms with Crippen LogP contribution in [0.1, 0.15) is 56.3 Å². The largest absolute Gasteiger partial charge is 0.323 e. The van der Waals surface area contributed by atoms with Gasteiger partial charge in [0.1, 0.15) is 0 Å². The molecular formula is C16H26N2. The van der Waals surface area contributed by atoms with Gasteiger partial charge >= 0.3 is 0 Å². The molecule has 0 saturated carbocycles. The van der Waals surface area contributed by atoms with Gasteiger partial charge in [0.05, 0.1) is 0 Å². The van der Waals surface area contributed by atoms with Gasteiger partial charge in [0.25, 0.3) is 0 Å². The van der Waals surface area contributed by atoms with Crippen molar-refractivity contribution in [2.24, 2.45) is 5.73 Å². The molecule has 1 fully saturated rings. The Labute approximate surface area is 111 Å². The Hall–Kier alpha value is -0.860. The Morgan fingerprint density at radius 2 is 2.06 bits per heavy atom. The maximum atomic E-state index is 6.45. The number of nitrogens with two attached hydrogens (primary N) is 1. The third-order valence-electron chi connectivity index (χ3n) is 4.04. The molecule has 0 amide bonds. The molecule has 1 aliphatic heterocycles. The fraction of sp³-hybridized carbons (Fsp3) is 0.625. The summed E-state index contributed by atoms with van der Waals surface area (Å²) in [5, 5.41) is 3.52. The van der Waals surface area contributed by atoms with E-state index in [0.29, 0.717) is 6.04 Å². The van der Waals surface area contributed by atoms with E-state index in [1.54, 1.807) is 0 Å². The molecule has 1 aromatic carbocycles. The Morgan fingerprint density at radius 1 is 1.33 bits per heavy atom. The van der Waals surface area contributed by atoms with Crippen LogP contribution in [0.3, 0.4) is 0 Å². The molecular weight excluding hydrogens is 220 g/mol. The maximum Gasteiger partial charge on any atom is 0.0453 e. The number of hydrogen-bond acceptors (Lipinski definition) is 2. The normalized spacial score (nSPS) is 22.2. The summed E-state index contributed by atoms with van der Waals surface area (Å²) in [7, 11) is 0. The first-order chi connectivity index (χ1) is 8.39. The van der Waals surface area contributed by atoms with Crippen molar-refractivity contribution in [3.63, 3.8) is 0 Å². The minimum absolute atomic E-state index is 0.120. The fourth-order valence-corrected chi connectivity index (χ4v) is 2.70. The quantitative estimate of drug-likeness (QED) is 0.841. The van der Waals surface area contributed by atoms with Crippen molar-refractivity contribution in [1.82, 2.24) is 5.32 Å². The summed E-state index contributed by atoms with van der Waals surface area (Å²) in [5.74, 6) is 0. The predicted molar refractivity (Wildman–Crippen MR) is 77.8 cm³/mol. The number of hydrogen-bond donors (Lipinski definition) is 2. The van der Waals surface area contributed by atoms with E-state index in [1.165, 1.54) is 29.5 Å². The van der Waals surface area contributed by atoms with Crippen molar-refractivity contribution in [3.8, 4) is 0 Å². The van der Waals surface area contributed by atoms with Gasteiger partial charge in [-0.05, 0) is 48.4 Å². The van der Waals surface area contributed by atoms with Crippen molar-refractivity contribution < 1.29 is 0 Å². The molecule has 2 unspecified atom stereocenters. The van der Waals surface area contributed by atoms with E-state index in [1.807, 2.05) is 0 Å².